The number of benzene rings is 2. The Morgan fingerprint density at radius 3 is 2.10 bits per heavy atom. The second-order valence-electron chi connectivity index (χ2n) is 6.35. The summed E-state index contributed by atoms with van der Waals surface area (Å²) in [5.41, 5.74) is 1.58. The molecule has 0 fully saturated rings. The van der Waals surface area contributed by atoms with Crippen molar-refractivity contribution in [1.29, 1.82) is 0 Å². The molecule has 2 rings (SSSR count). The van der Waals surface area contributed by atoms with Crippen molar-refractivity contribution in [2.24, 2.45) is 5.92 Å². The number of hydrogen-bond donors (Lipinski definition) is 2. The molecule has 154 valence electrons. The average Bonchev–Trinajstić information content (AvgIpc) is 2.70. The van der Waals surface area contributed by atoms with E-state index >= 15 is 0 Å². The van der Waals surface area contributed by atoms with Crippen molar-refractivity contribution < 1.29 is 23.9 Å². The van der Waals surface area contributed by atoms with Crippen molar-refractivity contribution in [2.75, 3.05) is 17.2 Å². The predicted molar refractivity (Wildman–Crippen MR) is 111 cm³/mol. The van der Waals surface area contributed by atoms with Crippen molar-refractivity contribution in [3.63, 3.8) is 0 Å². The molecule has 0 bridgehead atoms. The van der Waals surface area contributed by atoms with Crippen molar-refractivity contribution >= 4 is 29.3 Å². The van der Waals surface area contributed by atoms with Crippen LogP contribution in [0.5, 0.6) is 5.75 Å². The first-order chi connectivity index (χ1) is 14.0. The number of carbonyl (C=O) groups excluding carboxylic acids is 3. The van der Waals surface area contributed by atoms with Crippen LogP contribution in [-0.4, -0.2) is 24.6 Å². The van der Waals surface area contributed by atoms with Crippen molar-refractivity contribution in [2.45, 2.75) is 33.6 Å². The van der Waals surface area contributed by atoms with Gasteiger partial charge in [0.15, 0.2) is 0 Å². The lowest BCUT2D eigenvalue weighted by molar-refractivity contribution is -0.120. The lowest BCUT2D eigenvalue weighted by Crippen LogP contribution is -2.21. The largest absolute Gasteiger partial charge is 0.513 e. The molecule has 0 spiro atoms. The van der Waals surface area contributed by atoms with Crippen LogP contribution in [0.1, 0.15) is 44.0 Å². The smallest absolute Gasteiger partial charge is 0.434 e. The summed E-state index contributed by atoms with van der Waals surface area (Å²) < 4.78 is 9.66. The highest BCUT2D eigenvalue weighted by Gasteiger charge is 2.14. The van der Waals surface area contributed by atoms with Crippen LogP contribution in [0.25, 0.3) is 0 Å². The van der Waals surface area contributed by atoms with Crippen LogP contribution < -0.4 is 15.4 Å². The Hall–Kier alpha value is -3.35. The third-order valence-corrected chi connectivity index (χ3v) is 4.32. The first-order valence-corrected chi connectivity index (χ1v) is 9.63. The third-order valence-electron chi connectivity index (χ3n) is 4.32. The Kier molecular flexibility index (Phi) is 8.21. The van der Waals surface area contributed by atoms with Crippen LogP contribution >= 0.6 is 0 Å². The quantitative estimate of drug-likeness (QED) is 0.490. The molecule has 2 aromatic rings. The molecule has 0 saturated heterocycles. The molecule has 2 N–H and O–H groups in total. The topological polar surface area (TPSA) is 93.7 Å². The summed E-state index contributed by atoms with van der Waals surface area (Å²) in [5.74, 6) is -0.110. The van der Waals surface area contributed by atoms with Gasteiger partial charge in [-0.25, -0.2) is 4.79 Å². The predicted octanol–water partition coefficient (Wildman–Crippen LogP) is 4.85. The maximum absolute atomic E-state index is 12.5. The number of nitrogens with one attached hydrogen (secondary N) is 2. The van der Waals surface area contributed by atoms with Gasteiger partial charge < -0.3 is 20.1 Å². The molecule has 0 aliphatic carbocycles. The van der Waals surface area contributed by atoms with Crippen LogP contribution in [0.4, 0.5) is 16.2 Å². The normalized spacial score (nSPS) is 10.3. The zero-order valence-corrected chi connectivity index (χ0v) is 16.9. The molecule has 0 unspecified atom stereocenters. The molecule has 2 amide bonds. The number of anilines is 2. The van der Waals surface area contributed by atoms with Gasteiger partial charge in [-0.2, -0.15) is 0 Å². The first kappa shape index (κ1) is 21.9. The number of hydrogen-bond acceptors (Lipinski definition) is 5. The van der Waals surface area contributed by atoms with E-state index in [9.17, 15) is 14.4 Å². The summed E-state index contributed by atoms with van der Waals surface area (Å²) in [4.78, 5) is 36.0. The molecule has 7 heteroatoms. The van der Waals surface area contributed by atoms with Gasteiger partial charge in [-0.1, -0.05) is 19.9 Å². The summed E-state index contributed by atoms with van der Waals surface area (Å²) in [5, 5.41) is 5.67. The van der Waals surface area contributed by atoms with E-state index in [-0.39, 0.29) is 30.1 Å². The summed E-state index contributed by atoms with van der Waals surface area (Å²) in [6, 6.07) is 13.1. The van der Waals surface area contributed by atoms with Gasteiger partial charge in [0.25, 0.3) is 5.91 Å². The van der Waals surface area contributed by atoms with Crippen LogP contribution in [0, 0.1) is 5.92 Å². The summed E-state index contributed by atoms with van der Waals surface area (Å²) in [6.07, 6.45) is 0.750. The van der Waals surface area contributed by atoms with Gasteiger partial charge in [0.1, 0.15) is 5.75 Å². The molecular weight excluding hydrogens is 372 g/mol. The highest BCUT2D eigenvalue weighted by Crippen LogP contribution is 2.19. The van der Waals surface area contributed by atoms with E-state index < -0.39 is 6.16 Å². The minimum atomic E-state index is -0.794. The van der Waals surface area contributed by atoms with Crippen LogP contribution in [0.3, 0.4) is 0 Å². The maximum Gasteiger partial charge on any atom is 0.513 e. The van der Waals surface area contributed by atoms with Gasteiger partial charge in [-0.15, -0.1) is 0 Å². The molecule has 0 atom stereocenters. The molecule has 0 aliphatic heterocycles. The van der Waals surface area contributed by atoms with Gasteiger partial charge in [0.05, 0.1) is 6.61 Å². The number of carbonyl (C=O) groups is 3. The van der Waals surface area contributed by atoms with E-state index in [1.807, 2.05) is 13.8 Å². The maximum atomic E-state index is 12.5. The molecule has 0 aliphatic rings. The van der Waals surface area contributed by atoms with Crippen molar-refractivity contribution in [3.8, 4) is 5.75 Å². The van der Waals surface area contributed by atoms with E-state index in [4.69, 9.17) is 9.47 Å². The van der Waals surface area contributed by atoms with Gasteiger partial charge in [-0.05, 0) is 62.2 Å². The van der Waals surface area contributed by atoms with E-state index in [0.29, 0.717) is 16.9 Å². The minimum Gasteiger partial charge on any atom is -0.434 e. The fraction of sp³-hybridized carbons (Fsp3) is 0.318. The van der Waals surface area contributed by atoms with Crippen LogP contribution in [0.15, 0.2) is 48.5 Å². The molecule has 0 saturated carbocycles. The lowest BCUT2D eigenvalue weighted by atomic mass is 10.0. The standard InChI is InChI=1S/C22H26N2O5/c1-4-15(5-2)20(25)23-17-8-7-9-18(14-17)24-21(26)16-10-12-19(13-11-16)29-22(27)28-6-3/h7-15H,4-6H2,1-3H3,(H,23,25)(H,24,26). The fourth-order valence-electron chi connectivity index (χ4n) is 2.70. The summed E-state index contributed by atoms with van der Waals surface area (Å²) in [6.45, 7) is 5.86. The lowest BCUT2D eigenvalue weighted by Gasteiger charge is -2.13. The Morgan fingerprint density at radius 2 is 1.52 bits per heavy atom. The van der Waals surface area contributed by atoms with Crippen LogP contribution in [0.2, 0.25) is 0 Å². The summed E-state index contributed by atoms with van der Waals surface area (Å²) >= 11 is 0. The van der Waals surface area contributed by atoms with Gasteiger partial charge >= 0.3 is 6.16 Å². The van der Waals surface area contributed by atoms with E-state index in [1.54, 1.807) is 43.3 Å². The average molecular weight is 398 g/mol. The van der Waals surface area contributed by atoms with Crippen molar-refractivity contribution in [1.82, 2.24) is 0 Å². The van der Waals surface area contributed by atoms with E-state index in [0.717, 1.165) is 12.8 Å². The molecule has 0 aromatic heterocycles. The number of amides is 2. The van der Waals surface area contributed by atoms with Gasteiger partial charge in [0, 0.05) is 22.9 Å². The van der Waals surface area contributed by atoms with Gasteiger partial charge in [-0.3, -0.25) is 9.59 Å². The monoisotopic (exact) mass is 398 g/mol. The molecule has 29 heavy (non-hydrogen) atoms. The highest BCUT2D eigenvalue weighted by atomic mass is 16.7. The fourth-order valence-corrected chi connectivity index (χ4v) is 2.70. The number of rotatable bonds is 8. The Labute approximate surface area is 170 Å². The Bertz CT molecular complexity index is 845. The van der Waals surface area contributed by atoms with Crippen LogP contribution in [-0.2, 0) is 9.53 Å². The third kappa shape index (κ3) is 6.64. The summed E-state index contributed by atoms with van der Waals surface area (Å²) in [7, 11) is 0. The van der Waals surface area contributed by atoms with E-state index in [1.165, 1.54) is 12.1 Å². The second-order valence-corrected chi connectivity index (χ2v) is 6.35. The SMILES string of the molecule is CCOC(=O)Oc1ccc(C(=O)Nc2cccc(NC(=O)C(CC)CC)c2)cc1. The molecular formula is C22H26N2O5. The molecule has 2 aromatic carbocycles. The molecule has 7 nitrogen and oxygen atoms in total. The Morgan fingerprint density at radius 1 is 0.897 bits per heavy atom. The van der Waals surface area contributed by atoms with Crippen molar-refractivity contribution in [3.05, 3.63) is 54.1 Å². The Balaban J connectivity index is 2.00. The molecule has 0 heterocycles. The number of ether oxygens (including phenoxy) is 2. The zero-order chi connectivity index (χ0) is 21.2. The highest BCUT2D eigenvalue weighted by molar-refractivity contribution is 6.04. The van der Waals surface area contributed by atoms with Gasteiger partial charge in [0.2, 0.25) is 5.91 Å². The molecule has 0 radical (unpaired) electrons. The van der Waals surface area contributed by atoms with E-state index in [2.05, 4.69) is 10.6 Å². The second kappa shape index (κ2) is 10.8. The minimum absolute atomic E-state index is 0.0318. The zero-order valence-electron chi connectivity index (χ0n) is 16.9. The first-order valence-electron chi connectivity index (χ1n) is 9.63.